The number of amides is 3. The fourth-order valence-corrected chi connectivity index (χ4v) is 4.34. The van der Waals surface area contributed by atoms with Crippen LogP contribution in [0.15, 0.2) is 12.1 Å². The Bertz CT molecular complexity index is 823. The van der Waals surface area contributed by atoms with E-state index in [1.807, 2.05) is 32.4 Å². The number of halogens is 1. The number of likely N-dealkylation sites (tertiary alicyclic amines) is 1. The first kappa shape index (κ1) is 21.1. The molecule has 1 aliphatic heterocycles. The summed E-state index contributed by atoms with van der Waals surface area (Å²) in [6.07, 6.45) is -0.163. The molecular weight excluding hydrogens is 373 g/mol. The summed E-state index contributed by atoms with van der Waals surface area (Å²) in [5.41, 5.74) is 1.58. The van der Waals surface area contributed by atoms with Gasteiger partial charge in [0.2, 0.25) is 15.9 Å². The standard InChI is InChI=1S/C18H26FN3O4S/c1-10(2)14-6-12(19)7-15(11(3)4)17(14)20-18(24)21-27(25,26)13-8-16(23)22(5)9-13/h6-7,10-11,13H,8-9H2,1-5H3,(H2,20,21,24). The molecule has 0 aromatic heterocycles. The highest BCUT2D eigenvalue weighted by molar-refractivity contribution is 7.90. The Morgan fingerprint density at radius 3 is 2.11 bits per heavy atom. The van der Waals surface area contributed by atoms with Crippen molar-refractivity contribution in [2.45, 2.75) is 51.2 Å². The van der Waals surface area contributed by atoms with E-state index in [2.05, 4.69) is 5.32 Å². The van der Waals surface area contributed by atoms with Crippen LogP contribution in [-0.2, 0) is 14.8 Å². The molecule has 1 unspecified atom stereocenters. The maximum Gasteiger partial charge on any atom is 0.332 e. The maximum atomic E-state index is 14.0. The highest BCUT2D eigenvalue weighted by atomic mass is 32.2. The summed E-state index contributed by atoms with van der Waals surface area (Å²) < 4.78 is 40.7. The van der Waals surface area contributed by atoms with Crippen LogP contribution in [0.5, 0.6) is 0 Å². The highest BCUT2D eigenvalue weighted by Crippen LogP contribution is 2.33. The zero-order valence-corrected chi connectivity index (χ0v) is 17.0. The van der Waals surface area contributed by atoms with Crippen LogP contribution in [0.4, 0.5) is 14.9 Å². The lowest BCUT2D eigenvalue weighted by atomic mass is 9.92. The molecule has 1 fully saturated rings. The zero-order valence-electron chi connectivity index (χ0n) is 16.2. The highest BCUT2D eigenvalue weighted by Gasteiger charge is 2.37. The lowest BCUT2D eigenvalue weighted by molar-refractivity contribution is -0.126. The monoisotopic (exact) mass is 399 g/mol. The molecule has 2 rings (SSSR count). The Morgan fingerprint density at radius 1 is 1.19 bits per heavy atom. The van der Waals surface area contributed by atoms with Gasteiger partial charge in [-0.05, 0) is 35.1 Å². The predicted molar refractivity (Wildman–Crippen MR) is 102 cm³/mol. The second-order valence-corrected chi connectivity index (χ2v) is 9.43. The van der Waals surface area contributed by atoms with Gasteiger partial charge in [0, 0.05) is 25.7 Å². The third-order valence-corrected chi connectivity index (χ3v) is 6.29. The molecule has 0 spiro atoms. The molecule has 1 aliphatic rings. The fourth-order valence-electron chi connectivity index (χ4n) is 3.09. The third kappa shape index (κ3) is 4.77. The Hall–Kier alpha value is -2.16. The van der Waals surface area contributed by atoms with Gasteiger partial charge >= 0.3 is 6.03 Å². The molecule has 0 saturated carbocycles. The first-order valence-corrected chi connectivity index (χ1v) is 10.4. The van der Waals surface area contributed by atoms with Crippen molar-refractivity contribution in [3.05, 3.63) is 29.1 Å². The average Bonchev–Trinajstić information content (AvgIpc) is 2.88. The number of anilines is 1. The van der Waals surface area contributed by atoms with E-state index < -0.39 is 27.1 Å². The van der Waals surface area contributed by atoms with Crippen LogP contribution >= 0.6 is 0 Å². The number of hydrogen-bond acceptors (Lipinski definition) is 4. The van der Waals surface area contributed by atoms with Crippen LogP contribution in [0, 0.1) is 5.82 Å². The fraction of sp³-hybridized carbons (Fsp3) is 0.556. The molecule has 0 bridgehead atoms. The first-order valence-electron chi connectivity index (χ1n) is 8.82. The largest absolute Gasteiger partial charge is 0.344 e. The van der Waals surface area contributed by atoms with Crippen molar-refractivity contribution in [2.75, 3.05) is 18.9 Å². The van der Waals surface area contributed by atoms with Crippen molar-refractivity contribution in [1.82, 2.24) is 9.62 Å². The smallest absolute Gasteiger partial charge is 0.332 e. The average molecular weight is 399 g/mol. The number of nitrogens with zero attached hydrogens (tertiary/aromatic N) is 1. The molecule has 27 heavy (non-hydrogen) atoms. The number of carbonyl (C=O) groups excluding carboxylic acids is 2. The Morgan fingerprint density at radius 2 is 1.70 bits per heavy atom. The minimum absolute atomic E-state index is 0.0342. The SMILES string of the molecule is CC(C)c1cc(F)cc(C(C)C)c1NC(=O)NS(=O)(=O)C1CC(=O)N(C)C1. The van der Waals surface area contributed by atoms with Crippen LogP contribution < -0.4 is 10.0 Å². The van der Waals surface area contributed by atoms with E-state index in [-0.39, 0.29) is 30.7 Å². The molecule has 150 valence electrons. The van der Waals surface area contributed by atoms with E-state index in [0.29, 0.717) is 16.8 Å². The topological polar surface area (TPSA) is 95.6 Å². The number of sulfonamides is 1. The molecule has 3 amide bonds. The molecule has 1 heterocycles. The van der Waals surface area contributed by atoms with Gasteiger partial charge in [-0.15, -0.1) is 0 Å². The van der Waals surface area contributed by atoms with E-state index in [9.17, 15) is 22.4 Å². The summed E-state index contributed by atoms with van der Waals surface area (Å²) in [4.78, 5) is 25.3. The van der Waals surface area contributed by atoms with Crippen LogP contribution in [0.3, 0.4) is 0 Å². The molecule has 2 N–H and O–H groups in total. The second-order valence-electron chi connectivity index (χ2n) is 7.47. The minimum atomic E-state index is -4.02. The summed E-state index contributed by atoms with van der Waals surface area (Å²) in [7, 11) is -2.50. The number of hydrogen-bond donors (Lipinski definition) is 2. The number of benzene rings is 1. The van der Waals surface area contributed by atoms with E-state index in [1.54, 1.807) is 0 Å². The Kier molecular flexibility index (Phi) is 6.14. The number of nitrogens with one attached hydrogen (secondary N) is 2. The van der Waals surface area contributed by atoms with Crippen molar-refractivity contribution < 1.29 is 22.4 Å². The number of urea groups is 1. The van der Waals surface area contributed by atoms with E-state index in [1.165, 1.54) is 24.1 Å². The van der Waals surface area contributed by atoms with Crippen molar-refractivity contribution in [3.63, 3.8) is 0 Å². The number of carbonyl (C=O) groups is 2. The maximum absolute atomic E-state index is 14.0. The Balaban J connectivity index is 2.26. The number of rotatable bonds is 5. The van der Waals surface area contributed by atoms with Gasteiger partial charge in [0.05, 0.1) is 0 Å². The predicted octanol–water partition coefficient (Wildman–Crippen LogP) is 2.75. The third-order valence-electron chi connectivity index (χ3n) is 4.63. The summed E-state index contributed by atoms with van der Waals surface area (Å²) in [6, 6.07) is 1.75. The van der Waals surface area contributed by atoms with Gasteiger partial charge in [-0.3, -0.25) is 4.79 Å². The summed E-state index contributed by atoms with van der Waals surface area (Å²) in [5, 5.41) is 1.59. The van der Waals surface area contributed by atoms with Gasteiger partial charge in [-0.1, -0.05) is 27.7 Å². The molecule has 1 aromatic rings. The van der Waals surface area contributed by atoms with Gasteiger partial charge in [0.15, 0.2) is 0 Å². The van der Waals surface area contributed by atoms with Crippen molar-refractivity contribution in [3.8, 4) is 0 Å². The molecule has 1 aromatic carbocycles. The molecule has 7 nitrogen and oxygen atoms in total. The van der Waals surface area contributed by atoms with Gasteiger partial charge in [0.1, 0.15) is 11.1 Å². The van der Waals surface area contributed by atoms with Gasteiger partial charge in [0.25, 0.3) is 0 Å². The van der Waals surface area contributed by atoms with Gasteiger partial charge in [-0.2, -0.15) is 0 Å². The molecule has 9 heteroatoms. The lowest BCUT2D eigenvalue weighted by Crippen LogP contribution is -2.41. The lowest BCUT2D eigenvalue weighted by Gasteiger charge is -2.21. The molecule has 1 atom stereocenters. The van der Waals surface area contributed by atoms with Crippen LogP contribution in [0.1, 0.15) is 57.1 Å². The van der Waals surface area contributed by atoms with E-state index in [0.717, 1.165) is 0 Å². The molecule has 1 saturated heterocycles. The van der Waals surface area contributed by atoms with Gasteiger partial charge in [-0.25, -0.2) is 22.3 Å². The van der Waals surface area contributed by atoms with Crippen LogP contribution in [-0.4, -0.2) is 44.1 Å². The molecule has 0 aliphatic carbocycles. The van der Waals surface area contributed by atoms with Crippen molar-refractivity contribution in [2.24, 2.45) is 0 Å². The van der Waals surface area contributed by atoms with Crippen molar-refractivity contribution in [1.29, 1.82) is 0 Å². The molecular formula is C18H26FN3O4S. The summed E-state index contributed by atoms with van der Waals surface area (Å²) >= 11 is 0. The molecule has 0 radical (unpaired) electrons. The van der Waals surface area contributed by atoms with E-state index in [4.69, 9.17) is 0 Å². The summed E-state index contributed by atoms with van der Waals surface area (Å²) in [5.74, 6) is -0.848. The van der Waals surface area contributed by atoms with Crippen molar-refractivity contribution >= 4 is 27.6 Å². The normalized spacial score (nSPS) is 17.7. The van der Waals surface area contributed by atoms with Gasteiger partial charge < -0.3 is 10.2 Å². The van der Waals surface area contributed by atoms with Crippen LogP contribution in [0.2, 0.25) is 0 Å². The minimum Gasteiger partial charge on any atom is -0.344 e. The Labute approximate surface area is 159 Å². The second kappa shape index (κ2) is 7.84. The van der Waals surface area contributed by atoms with E-state index >= 15 is 0 Å². The summed E-state index contributed by atoms with van der Waals surface area (Å²) in [6.45, 7) is 7.47. The first-order chi connectivity index (χ1) is 12.4. The van der Waals surface area contributed by atoms with Crippen LogP contribution in [0.25, 0.3) is 0 Å². The quantitative estimate of drug-likeness (QED) is 0.796. The zero-order chi connectivity index (χ0) is 20.5.